The molecule has 0 atom stereocenters. The summed E-state index contributed by atoms with van der Waals surface area (Å²) in [6, 6.07) is 3.26. The average molecular weight is 205 g/mol. The van der Waals surface area contributed by atoms with Crippen LogP contribution in [0.4, 0.5) is 10.1 Å². The molecule has 78 valence electrons. The minimum Gasteiger partial charge on any atom is -0.386 e. The average Bonchev–Trinajstić information content (AvgIpc) is 2.23. The number of nitrogens with one attached hydrogen (secondary N) is 1. The summed E-state index contributed by atoms with van der Waals surface area (Å²) in [5.41, 5.74) is 2.04. The molecule has 1 aromatic heterocycles. The first-order valence-corrected chi connectivity index (χ1v) is 4.74. The van der Waals surface area contributed by atoms with E-state index in [1.54, 1.807) is 13.1 Å². The molecule has 0 saturated heterocycles. The van der Waals surface area contributed by atoms with Crippen molar-refractivity contribution in [3.8, 4) is 0 Å². The van der Waals surface area contributed by atoms with E-state index in [0.29, 0.717) is 5.69 Å². The minimum atomic E-state index is -0.263. The largest absolute Gasteiger partial charge is 0.386 e. The second-order valence-electron chi connectivity index (χ2n) is 3.50. The summed E-state index contributed by atoms with van der Waals surface area (Å²) in [6.07, 6.45) is 0. The summed E-state index contributed by atoms with van der Waals surface area (Å²) in [4.78, 5) is 0. The SMILES string of the molecule is CNc1cc2c(C)nnc(C)c2cc1F. The standard InChI is InChI=1S/C11H12FN3/c1-6-8-4-10(12)11(13-3)5-9(8)7(2)15-14-6/h4-5,13H,1-3H3. The lowest BCUT2D eigenvalue weighted by molar-refractivity contribution is 0.633. The van der Waals surface area contributed by atoms with Crippen molar-refractivity contribution in [2.75, 3.05) is 12.4 Å². The van der Waals surface area contributed by atoms with E-state index in [1.807, 2.05) is 13.8 Å². The van der Waals surface area contributed by atoms with Crippen molar-refractivity contribution >= 4 is 16.5 Å². The van der Waals surface area contributed by atoms with Gasteiger partial charge in [-0.1, -0.05) is 0 Å². The number of halogens is 1. The Morgan fingerprint density at radius 1 is 1.07 bits per heavy atom. The second kappa shape index (κ2) is 3.46. The van der Waals surface area contributed by atoms with Crippen molar-refractivity contribution < 1.29 is 4.39 Å². The van der Waals surface area contributed by atoms with Gasteiger partial charge >= 0.3 is 0 Å². The highest BCUT2D eigenvalue weighted by atomic mass is 19.1. The second-order valence-corrected chi connectivity index (χ2v) is 3.50. The molecule has 0 spiro atoms. The Hall–Kier alpha value is -1.71. The van der Waals surface area contributed by atoms with Crippen molar-refractivity contribution in [1.82, 2.24) is 10.2 Å². The number of aryl methyl sites for hydroxylation is 2. The van der Waals surface area contributed by atoms with Crippen molar-refractivity contribution in [2.45, 2.75) is 13.8 Å². The zero-order valence-electron chi connectivity index (χ0n) is 8.93. The summed E-state index contributed by atoms with van der Waals surface area (Å²) >= 11 is 0. The Bertz CT molecular complexity index is 523. The van der Waals surface area contributed by atoms with E-state index in [9.17, 15) is 4.39 Å². The van der Waals surface area contributed by atoms with Gasteiger partial charge in [-0.05, 0) is 26.0 Å². The number of rotatable bonds is 1. The predicted octanol–water partition coefficient (Wildman–Crippen LogP) is 2.43. The highest BCUT2D eigenvalue weighted by Crippen LogP contribution is 2.25. The molecule has 3 nitrogen and oxygen atoms in total. The third-order valence-corrected chi connectivity index (χ3v) is 2.51. The molecule has 0 bridgehead atoms. The maximum Gasteiger partial charge on any atom is 0.146 e. The number of aromatic nitrogens is 2. The fourth-order valence-corrected chi connectivity index (χ4v) is 1.62. The first kappa shape index (κ1) is 9.83. The van der Waals surface area contributed by atoms with Gasteiger partial charge in [-0.25, -0.2) is 4.39 Å². The van der Waals surface area contributed by atoms with Gasteiger partial charge in [0.2, 0.25) is 0 Å². The van der Waals surface area contributed by atoms with E-state index in [4.69, 9.17) is 0 Å². The van der Waals surface area contributed by atoms with E-state index >= 15 is 0 Å². The third kappa shape index (κ3) is 1.52. The molecule has 15 heavy (non-hydrogen) atoms. The van der Waals surface area contributed by atoms with Gasteiger partial charge in [0, 0.05) is 17.8 Å². The molecule has 0 aliphatic rings. The molecule has 0 aliphatic carbocycles. The quantitative estimate of drug-likeness (QED) is 0.777. The Kier molecular flexibility index (Phi) is 2.26. The summed E-state index contributed by atoms with van der Waals surface area (Å²) in [7, 11) is 1.70. The van der Waals surface area contributed by atoms with Gasteiger partial charge in [-0.2, -0.15) is 10.2 Å². The van der Waals surface area contributed by atoms with Crippen LogP contribution in [0.2, 0.25) is 0 Å². The van der Waals surface area contributed by atoms with Crippen LogP contribution in [0.25, 0.3) is 10.8 Å². The van der Waals surface area contributed by atoms with Crippen molar-refractivity contribution in [1.29, 1.82) is 0 Å². The van der Waals surface area contributed by atoms with Gasteiger partial charge < -0.3 is 5.32 Å². The first-order valence-electron chi connectivity index (χ1n) is 4.74. The highest BCUT2D eigenvalue weighted by molar-refractivity contribution is 5.89. The topological polar surface area (TPSA) is 37.8 Å². The van der Waals surface area contributed by atoms with Gasteiger partial charge in [0.1, 0.15) is 5.82 Å². The molecular formula is C11H12FN3. The van der Waals surface area contributed by atoms with Crippen LogP contribution in [0, 0.1) is 19.7 Å². The van der Waals surface area contributed by atoms with E-state index in [0.717, 1.165) is 22.2 Å². The number of nitrogens with zero attached hydrogens (tertiary/aromatic N) is 2. The molecule has 1 N–H and O–H groups in total. The summed E-state index contributed by atoms with van der Waals surface area (Å²) < 4.78 is 13.5. The molecule has 2 aromatic rings. The van der Waals surface area contributed by atoms with Crippen LogP contribution in [0.5, 0.6) is 0 Å². The number of benzene rings is 1. The first-order chi connectivity index (χ1) is 7.13. The summed E-state index contributed by atoms with van der Waals surface area (Å²) in [5.74, 6) is -0.263. The van der Waals surface area contributed by atoms with Crippen LogP contribution < -0.4 is 5.32 Å². The molecular weight excluding hydrogens is 193 g/mol. The predicted molar refractivity (Wildman–Crippen MR) is 58.5 cm³/mol. The lowest BCUT2D eigenvalue weighted by Crippen LogP contribution is -1.97. The van der Waals surface area contributed by atoms with Crippen LogP contribution in [0.1, 0.15) is 11.4 Å². The molecule has 4 heteroatoms. The van der Waals surface area contributed by atoms with E-state index in [2.05, 4.69) is 15.5 Å². The summed E-state index contributed by atoms with van der Waals surface area (Å²) in [5, 5.41) is 12.5. The monoisotopic (exact) mass is 205 g/mol. The molecule has 1 heterocycles. The molecule has 0 amide bonds. The van der Waals surface area contributed by atoms with E-state index in [1.165, 1.54) is 6.07 Å². The lowest BCUT2D eigenvalue weighted by atomic mass is 10.1. The van der Waals surface area contributed by atoms with Crippen LogP contribution in [0.3, 0.4) is 0 Å². The van der Waals surface area contributed by atoms with Crippen LogP contribution in [-0.4, -0.2) is 17.2 Å². The van der Waals surface area contributed by atoms with Crippen molar-refractivity contribution in [2.24, 2.45) is 0 Å². The Labute approximate surface area is 87.3 Å². The van der Waals surface area contributed by atoms with Gasteiger partial charge in [-0.15, -0.1) is 0 Å². The smallest absolute Gasteiger partial charge is 0.146 e. The lowest BCUT2D eigenvalue weighted by Gasteiger charge is -2.07. The molecule has 0 unspecified atom stereocenters. The molecule has 1 aromatic carbocycles. The van der Waals surface area contributed by atoms with Crippen LogP contribution in [0.15, 0.2) is 12.1 Å². The van der Waals surface area contributed by atoms with Crippen LogP contribution in [-0.2, 0) is 0 Å². The number of hydrogen-bond acceptors (Lipinski definition) is 3. The molecule has 0 aliphatic heterocycles. The molecule has 0 radical (unpaired) electrons. The maximum absolute atomic E-state index is 13.5. The maximum atomic E-state index is 13.5. The number of fused-ring (bicyclic) bond motifs is 1. The fraction of sp³-hybridized carbons (Fsp3) is 0.273. The zero-order valence-corrected chi connectivity index (χ0v) is 8.93. The zero-order chi connectivity index (χ0) is 11.0. The van der Waals surface area contributed by atoms with Gasteiger partial charge in [0.25, 0.3) is 0 Å². The summed E-state index contributed by atoms with van der Waals surface area (Å²) in [6.45, 7) is 3.69. The van der Waals surface area contributed by atoms with Gasteiger partial charge in [-0.3, -0.25) is 0 Å². The van der Waals surface area contributed by atoms with Crippen molar-refractivity contribution in [3.05, 3.63) is 29.3 Å². The Morgan fingerprint density at radius 2 is 1.60 bits per heavy atom. The third-order valence-electron chi connectivity index (χ3n) is 2.51. The van der Waals surface area contributed by atoms with Crippen LogP contribution >= 0.6 is 0 Å². The molecule has 0 fully saturated rings. The highest BCUT2D eigenvalue weighted by Gasteiger charge is 2.08. The number of hydrogen-bond donors (Lipinski definition) is 1. The van der Waals surface area contributed by atoms with Gasteiger partial charge in [0.05, 0.1) is 17.1 Å². The fourth-order valence-electron chi connectivity index (χ4n) is 1.62. The Balaban J connectivity index is 2.86. The normalized spacial score (nSPS) is 10.7. The van der Waals surface area contributed by atoms with Gasteiger partial charge in [0.15, 0.2) is 0 Å². The Morgan fingerprint density at radius 3 is 2.13 bits per heavy atom. The van der Waals surface area contributed by atoms with Crippen molar-refractivity contribution in [3.63, 3.8) is 0 Å². The minimum absolute atomic E-state index is 0.263. The number of anilines is 1. The molecule has 2 rings (SSSR count). The molecule has 0 saturated carbocycles. The van der Waals surface area contributed by atoms with E-state index in [-0.39, 0.29) is 5.82 Å². The van der Waals surface area contributed by atoms with E-state index < -0.39 is 0 Å².